The molecule has 0 saturated heterocycles. The molecule has 1 amide bonds. The molecule has 24 heavy (non-hydrogen) atoms. The Morgan fingerprint density at radius 1 is 1.46 bits per heavy atom. The van der Waals surface area contributed by atoms with Crippen LogP contribution >= 0.6 is 0 Å². The first-order valence-corrected chi connectivity index (χ1v) is 7.48. The van der Waals surface area contributed by atoms with Gasteiger partial charge in [0.15, 0.2) is 0 Å². The van der Waals surface area contributed by atoms with E-state index in [1.807, 2.05) is 6.07 Å². The maximum atomic E-state index is 13.4. The van der Waals surface area contributed by atoms with Crippen molar-refractivity contribution in [3.63, 3.8) is 0 Å². The summed E-state index contributed by atoms with van der Waals surface area (Å²) in [5, 5.41) is 15.9. The van der Waals surface area contributed by atoms with Crippen LogP contribution in [0.15, 0.2) is 30.6 Å². The van der Waals surface area contributed by atoms with Gasteiger partial charge in [0.05, 0.1) is 24.4 Å². The highest BCUT2D eigenvalue weighted by Crippen LogP contribution is 2.23. The van der Waals surface area contributed by atoms with Gasteiger partial charge < -0.3 is 10.1 Å². The number of carbonyl (C=O) groups is 1. The van der Waals surface area contributed by atoms with E-state index in [0.29, 0.717) is 29.8 Å². The van der Waals surface area contributed by atoms with Crippen molar-refractivity contribution in [2.75, 3.05) is 6.54 Å². The van der Waals surface area contributed by atoms with Crippen LogP contribution in [0.2, 0.25) is 0 Å². The summed E-state index contributed by atoms with van der Waals surface area (Å²) in [5.74, 6) is -0.414. The lowest BCUT2D eigenvalue weighted by atomic mass is 10.0. The largest absolute Gasteiger partial charge is 0.444 e. The third-order valence-electron chi connectivity index (χ3n) is 3.06. The summed E-state index contributed by atoms with van der Waals surface area (Å²) in [4.78, 5) is 11.6. The number of rotatable bonds is 4. The van der Waals surface area contributed by atoms with Gasteiger partial charge in [0.25, 0.3) is 0 Å². The van der Waals surface area contributed by atoms with Crippen LogP contribution in [0.1, 0.15) is 26.3 Å². The Bertz CT molecular complexity index is 772. The molecule has 1 N–H and O–H groups in total. The zero-order valence-corrected chi connectivity index (χ0v) is 13.8. The highest BCUT2D eigenvalue weighted by molar-refractivity contribution is 5.69. The second kappa shape index (κ2) is 7.13. The highest BCUT2D eigenvalue weighted by Gasteiger charge is 2.15. The predicted molar refractivity (Wildman–Crippen MR) is 86.6 cm³/mol. The molecule has 0 unspecified atom stereocenters. The van der Waals surface area contributed by atoms with Crippen molar-refractivity contribution >= 4 is 6.09 Å². The van der Waals surface area contributed by atoms with Gasteiger partial charge in [-0.1, -0.05) is 0 Å². The third kappa shape index (κ3) is 4.81. The van der Waals surface area contributed by atoms with Crippen LogP contribution in [0.3, 0.4) is 0 Å². The average molecular weight is 330 g/mol. The molecule has 0 spiro atoms. The molecule has 0 atom stereocenters. The SMILES string of the molecule is CC(C)(C)OC(=O)NCCn1cc(-c2cc(F)ccc2C#N)cn1. The first kappa shape index (κ1) is 17.5. The fourth-order valence-electron chi connectivity index (χ4n) is 2.06. The molecule has 2 aromatic rings. The molecule has 0 aliphatic carbocycles. The molecular weight excluding hydrogens is 311 g/mol. The average Bonchev–Trinajstić information content (AvgIpc) is 2.94. The Hall–Kier alpha value is -2.88. The number of aromatic nitrogens is 2. The van der Waals surface area contributed by atoms with Crippen LogP contribution in [0, 0.1) is 17.1 Å². The van der Waals surface area contributed by atoms with Gasteiger partial charge in [-0.25, -0.2) is 9.18 Å². The zero-order valence-electron chi connectivity index (χ0n) is 13.8. The maximum Gasteiger partial charge on any atom is 0.407 e. The summed E-state index contributed by atoms with van der Waals surface area (Å²) in [6, 6.07) is 6.02. The summed E-state index contributed by atoms with van der Waals surface area (Å²) in [6.07, 6.45) is 2.77. The Labute approximate surface area is 139 Å². The second-order valence-corrected chi connectivity index (χ2v) is 6.22. The summed E-state index contributed by atoms with van der Waals surface area (Å²) in [7, 11) is 0. The van der Waals surface area contributed by atoms with Gasteiger partial charge >= 0.3 is 6.09 Å². The smallest absolute Gasteiger partial charge is 0.407 e. The molecular formula is C17H19FN4O2. The molecule has 1 aromatic heterocycles. The number of hydrogen-bond acceptors (Lipinski definition) is 4. The number of nitriles is 1. The van der Waals surface area contributed by atoms with Gasteiger partial charge in [0, 0.05) is 23.9 Å². The number of halogens is 1. The standard InChI is InChI=1S/C17H19FN4O2/c1-17(2,3)24-16(23)20-6-7-22-11-13(10-21-22)15-8-14(18)5-4-12(15)9-19/h4-5,8,10-11H,6-7H2,1-3H3,(H,20,23). The Kier molecular flexibility index (Phi) is 5.19. The number of alkyl carbamates (subject to hydrolysis) is 1. The molecule has 0 saturated carbocycles. The van der Waals surface area contributed by atoms with Crippen LogP contribution in [-0.4, -0.2) is 28.0 Å². The van der Waals surface area contributed by atoms with Gasteiger partial charge in [0.1, 0.15) is 11.4 Å². The molecule has 126 valence electrons. The normalized spacial score (nSPS) is 11.0. The van der Waals surface area contributed by atoms with Crippen molar-refractivity contribution in [1.29, 1.82) is 5.26 Å². The Morgan fingerprint density at radius 2 is 2.21 bits per heavy atom. The van der Waals surface area contributed by atoms with Crippen LogP contribution in [-0.2, 0) is 11.3 Å². The summed E-state index contributed by atoms with van der Waals surface area (Å²) in [6.45, 7) is 6.13. The molecule has 0 aliphatic rings. The second-order valence-electron chi connectivity index (χ2n) is 6.22. The number of hydrogen-bond donors (Lipinski definition) is 1. The molecule has 6 nitrogen and oxygen atoms in total. The predicted octanol–water partition coefficient (Wildman–Crippen LogP) is 3.09. The Morgan fingerprint density at radius 3 is 2.88 bits per heavy atom. The van der Waals surface area contributed by atoms with Crippen molar-refractivity contribution in [1.82, 2.24) is 15.1 Å². The lowest BCUT2D eigenvalue weighted by Gasteiger charge is -2.19. The summed E-state index contributed by atoms with van der Waals surface area (Å²) >= 11 is 0. The molecule has 2 rings (SSSR count). The third-order valence-corrected chi connectivity index (χ3v) is 3.06. The van der Waals surface area contributed by atoms with E-state index in [1.165, 1.54) is 18.2 Å². The number of benzene rings is 1. The zero-order chi connectivity index (χ0) is 17.7. The van der Waals surface area contributed by atoms with Crippen LogP contribution in [0.5, 0.6) is 0 Å². The first-order valence-electron chi connectivity index (χ1n) is 7.48. The van der Waals surface area contributed by atoms with E-state index in [9.17, 15) is 9.18 Å². The van der Waals surface area contributed by atoms with Crippen molar-refractivity contribution in [3.8, 4) is 17.2 Å². The van der Waals surface area contributed by atoms with E-state index in [0.717, 1.165) is 0 Å². The van der Waals surface area contributed by atoms with E-state index in [4.69, 9.17) is 10.00 Å². The summed E-state index contributed by atoms with van der Waals surface area (Å²) in [5.41, 5.74) is 0.962. The number of amides is 1. The van der Waals surface area contributed by atoms with Gasteiger partial charge in [-0.3, -0.25) is 4.68 Å². The van der Waals surface area contributed by atoms with Crippen molar-refractivity contribution in [2.24, 2.45) is 0 Å². The van der Waals surface area contributed by atoms with Crippen molar-refractivity contribution < 1.29 is 13.9 Å². The lowest BCUT2D eigenvalue weighted by molar-refractivity contribution is 0.0525. The fourth-order valence-corrected chi connectivity index (χ4v) is 2.06. The molecule has 0 bridgehead atoms. The monoisotopic (exact) mass is 330 g/mol. The van der Waals surface area contributed by atoms with Crippen molar-refractivity contribution in [3.05, 3.63) is 42.0 Å². The fraction of sp³-hybridized carbons (Fsp3) is 0.353. The lowest BCUT2D eigenvalue weighted by Crippen LogP contribution is -2.34. The molecule has 1 aromatic carbocycles. The minimum absolute atomic E-state index is 0.338. The number of carbonyl (C=O) groups excluding carboxylic acids is 1. The van der Waals surface area contributed by atoms with Crippen LogP contribution in [0.25, 0.3) is 11.1 Å². The number of nitrogens with one attached hydrogen (secondary N) is 1. The minimum Gasteiger partial charge on any atom is -0.444 e. The van der Waals surface area contributed by atoms with E-state index >= 15 is 0 Å². The van der Waals surface area contributed by atoms with Gasteiger partial charge in [0.2, 0.25) is 0 Å². The van der Waals surface area contributed by atoms with Crippen LogP contribution in [0.4, 0.5) is 9.18 Å². The van der Waals surface area contributed by atoms with E-state index < -0.39 is 17.5 Å². The van der Waals surface area contributed by atoms with E-state index in [1.54, 1.807) is 37.8 Å². The van der Waals surface area contributed by atoms with E-state index in [2.05, 4.69) is 10.4 Å². The highest BCUT2D eigenvalue weighted by atomic mass is 19.1. The Balaban J connectivity index is 1.98. The van der Waals surface area contributed by atoms with Gasteiger partial charge in [-0.15, -0.1) is 0 Å². The summed E-state index contributed by atoms with van der Waals surface area (Å²) < 4.78 is 20.2. The van der Waals surface area contributed by atoms with Gasteiger partial charge in [-0.05, 0) is 39.0 Å². The molecule has 0 fully saturated rings. The van der Waals surface area contributed by atoms with Crippen molar-refractivity contribution in [2.45, 2.75) is 32.9 Å². The quantitative estimate of drug-likeness (QED) is 0.934. The number of ether oxygens (including phenoxy) is 1. The molecule has 7 heteroatoms. The first-order chi connectivity index (χ1) is 11.3. The number of nitrogens with zero attached hydrogens (tertiary/aromatic N) is 3. The van der Waals surface area contributed by atoms with E-state index in [-0.39, 0.29) is 0 Å². The van der Waals surface area contributed by atoms with Crippen LogP contribution < -0.4 is 5.32 Å². The molecule has 0 aliphatic heterocycles. The molecule has 1 heterocycles. The maximum absolute atomic E-state index is 13.4. The minimum atomic E-state index is -0.548. The molecule has 0 radical (unpaired) electrons. The topological polar surface area (TPSA) is 79.9 Å². The van der Waals surface area contributed by atoms with Gasteiger partial charge in [-0.2, -0.15) is 10.4 Å².